The smallest absolute Gasteiger partial charge is 0.406 e. The number of nitriles is 1. The highest BCUT2D eigenvalue weighted by Crippen LogP contribution is 2.24. The number of H-pyrrole nitrogens is 1. The van der Waals surface area contributed by atoms with Crippen LogP contribution in [-0.2, 0) is 0 Å². The molecule has 0 amide bonds. The van der Waals surface area contributed by atoms with Crippen LogP contribution in [0, 0.1) is 18.3 Å². The number of hydrazone groups is 1. The van der Waals surface area contributed by atoms with Gasteiger partial charge in [0.05, 0.1) is 11.9 Å². The Labute approximate surface area is 168 Å². The summed E-state index contributed by atoms with van der Waals surface area (Å²) in [6, 6.07) is 14.5. The predicted octanol–water partition coefficient (Wildman–Crippen LogP) is 3.96. The van der Waals surface area contributed by atoms with Crippen molar-refractivity contribution < 1.29 is 17.9 Å². The molecule has 0 aliphatic rings. The molecule has 0 aliphatic carbocycles. The van der Waals surface area contributed by atoms with E-state index in [4.69, 9.17) is 0 Å². The average Bonchev–Trinajstić information content (AvgIpc) is 2.66. The highest BCUT2D eigenvalue weighted by molar-refractivity contribution is 5.81. The maximum Gasteiger partial charge on any atom is 0.573 e. The van der Waals surface area contributed by atoms with Crippen LogP contribution in [0.2, 0.25) is 0 Å². The Morgan fingerprint density at radius 3 is 2.63 bits per heavy atom. The third-order valence-electron chi connectivity index (χ3n) is 3.77. The van der Waals surface area contributed by atoms with Crippen LogP contribution in [0.15, 0.2) is 58.4 Å². The summed E-state index contributed by atoms with van der Waals surface area (Å²) in [7, 11) is 0. The zero-order valence-electron chi connectivity index (χ0n) is 15.5. The van der Waals surface area contributed by atoms with Gasteiger partial charge in [-0.3, -0.25) is 9.78 Å². The minimum Gasteiger partial charge on any atom is -0.406 e. The molecule has 0 fully saturated rings. The number of benzene rings is 2. The van der Waals surface area contributed by atoms with E-state index in [-0.39, 0.29) is 23.0 Å². The molecule has 3 rings (SSSR count). The van der Waals surface area contributed by atoms with Gasteiger partial charge in [-0.2, -0.15) is 10.4 Å². The van der Waals surface area contributed by atoms with E-state index in [0.29, 0.717) is 16.7 Å². The monoisotopic (exact) mass is 413 g/mol. The van der Waals surface area contributed by atoms with E-state index in [1.54, 1.807) is 43.3 Å². The van der Waals surface area contributed by atoms with Gasteiger partial charge in [-0.25, -0.2) is 10.4 Å². The molecule has 3 aromatic rings. The summed E-state index contributed by atoms with van der Waals surface area (Å²) < 4.78 is 41.2. The summed E-state index contributed by atoms with van der Waals surface area (Å²) >= 11 is 0. The van der Waals surface area contributed by atoms with Gasteiger partial charge in [-0.05, 0) is 30.2 Å². The summed E-state index contributed by atoms with van der Waals surface area (Å²) in [6.07, 6.45) is -3.56. The number of hydrogen-bond donors (Lipinski definition) is 2. The first-order valence-corrected chi connectivity index (χ1v) is 8.51. The summed E-state index contributed by atoms with van der Waals surface area (Å²) in [6.45, 7) is 1.61. The molecule has 152 valence electrons. The highest BCUT2D eigenvalue weighted by atomic mass is 19.4. The molecule has 0 radical (unpaired) electrons. The Bertz CT molecular complexity index is 1180. The van der Waals surface area contributed by atoms with Gasteiger partial charge >= 0.3 is 6.36 Å². The number of hydrogen-bond acceptors (Lipinski definition) is 6. The van der Waals surface area contributed by atoms with Crippen molar-refractivity contribution in [2.45, 2.75) is 13.3 Å². The molecule has 0 aliphatic heterocycles. The highest BCUT2D eigenvalue weighted by Gasteiger charge is 2.31. The fourth-order valence-electron chi connectivity index (χ4n) is 2.65. The van der Waals surface area contributed by atoms with Gasteiger partial charge in [0.25, 0.3) is 5.56 Å². The minimum atomic E-state index is -4.81. The van der Waals surface area contributed by atoms with Gasteiger partial charge in [0.2, 0.25) is 5.95 Å². The van der Waals surface area contributed by atoms with Crippen molar-refractivity contribution >= 4 is 12.2 Å². The van der Waals surface area contributed by atoms with E-state index in [1.165, 1.54) is 12.3 Å². The molecule has 2 N–H and O–H groups in total. The maximum atomic E-state index is 12.4. The van der Waals surface area contributed by atoms with Gasteiger partial charge in [-0.15, -0.1) is 13.2 Å². The molecular weight excluding hydrogens is 399 g/mol. The fourth-order valence-corrected chi connectivity index (χ4v) is 2.65. The summed E-state index contributed by atoms with van der Waals surface area (Å²) in [5, 5.41) is 13.2. The van der Waals surface area contributed by atoms with Crippen LogP contribution in [-0.4, -0.2) is 22.5 Å². The molecule has 0 saturated heterocycles. The van der Waals surface area contributed by atoms with Crippen LogP contribution in [0.25, 0.3) is 11.3 Å². The molecule has 0 saturated carbocycles. The van der Waals surface area contributed by atoms with Crippen molar-refractivity contribution in [1.29, 1.82) is 5.26 Å². The first-order chi connectivity index (χ1) is 14.2. The topological polar surface area (TPSA) is 103 Å². The van der Waals surface area contributed by atoms with E-state index in [1.807, 2.05) is 6.07 Å². The molecule has 1 heterocycles. The van der Waals surface area contributed by atoms with Crippen LogP contribution in [0.5, 0.6) is 5.75 Å². The first-order valence-electron chi connectivity index (χ1n) is 8.51. The summed E-state index contributed by atoms with van der Waals surface area (Å²) in [4.78, 5) is 18.8. The quantitative estimate of drug-likeness (QED) is 0.487. The van der Waals surface area contributed by atoms with E-state index >= 15 is 0 Å². The number of alkyl halides is 3. The lowest BCUT2D eigenvalue weighted by Crippen LogP contribution is -2.17. The summed E-state index contributed by atoms with van der Waals surface area (Å²) in [5.74, 6) is -0.409. The van der Waals surface area contributed by atoms with Gasteiger partial charge in [0.15, 0.2) is 0 Å². The molecule has 7 nitrogen and oxygen atoms in total. The first kappa shape index (κ1) is 20.6. The third-order valence-corrected chi connectivity index (χ3v) is 3.77. The van der Waals surface area contributed by atoms with Crippen LogP contribution in [0.4, 0.5) is 19.1 Å². The van der Waals surface area contributed by atoms with Crippen LogP contribution in [0.1, 0.15) is 16.7 Å². The number of anilines is 1. The Hall–Kier alpha value is -4.13. The van der Waals surface area contributed by atoms with E-state index in [0.717, 1.165) is 6.07 Å². The SMILES string of the molecule is Cc1cc(C=NNc2nc(-c3ccccc3)c(C#N)c(=O)[nH]2)cc(OC(F)(F)F)c1. The van der Waals surface area contributed by atoms with E-state index in [2.05, 4.69) is 25.2 Å². The molecular formula is C20H14F3N5O2. The molecule has 30 heavy (non-hydrogen) atoms. The number of nitrogens with zero attached hydrogens (tertiary/aromatic N) is 3. The van der Waals surface area contributed by atoms with Crippen molar-refractivity contribution in [3.63, 3.8) is 0 Å². The van der Waals surface area contributed by atoms with Gasteiger partial charge in [-0.1, -0.05) is 36.4 Å². The van der Waals surface area contributed by atoms with Crippen LogP contribution in [0.3, 0.4) is 0 Å². The minimum absolute atomic E-state index is 0.0338. The van der Waals surface area contributed by atoms with Crippen LogP contribution < -0.4 is 15.7 Å². The maximum absolute atomic E-state index is 12.4. The standard InChI is InChI=1S/C20H14F3N5O2/c1-12-7-13(9-15(8-12)30-20(21,22)23)11-25-28-19-26-17(14-5-3-2-4-6-14)16(10-24)18(29)27-19/h2-9,11H,1H3,(H2,26,27,28,29). The third kappa shape index (κ3) is 5.23. The van der Waals surface area contributed by atoms with Gasteiger partial charge < -0.3 is 4.74 Å². The van der Waals surface area contributed by atoms with Crippen molar-refractivity contribution in [2.24, 2.45) is 5.10 Å². The Balaban J connectivity index is 1.86. The van der Waals surface area contributed by atoms with Crippen molar-refractivity contribution in [3.8, 4) is 23.1 Å². The van der Waals surface area contributed by atoms with E-state index in [9.17, 15) is 23.2 Å². The van der Waals surface area contributed by atoms with Gasteiger partial charge in [0, 0.05) is 5.56 Å². The van der Waals surface area contributed by atoms with Crippen LogP contribution >= 0.6 is 0 Å². The molecule has 0 unspecified atom stereocenters. The molecule has 1 aromatic heterocycles. The second kappa shape index (κ2) is 8.48. The molecule has 0 bridgehead atoms. The normalized spacial score (nSPS) is 11.3. The van der Waals surface area contributed by atoms with E-state index < -0.39 is 11.9 Å². The summed E-state index contributed by atoms with van der Waals surface area (Å²) in [5.41, 5.74) is 3.33. The van der Waals surface area contributed by atoms with Crippen molar-refractivity contribution in [1.82, 2.24) is 9.97 Å². The number of aromatic amines is 1. The number of halogens is 3. The second-order valence-corrected chi connectivity index (χ2v) is 6.11. The Morgan fingerprint density at radius 1 is 1.23 bits per heavy atom. The zero-order valence-corrected chi connectivity index (χ0v) is 15.5. The molecule has 0 atom stereocenters. The number of rotatable bonds is 5. The lowest BCUT2D eigenvalue weighted by Gasteiger charge is -2.10. The van der Waals surface area contributed by atoms with Crippen molar-refractivity contribution in [3.05, 3.63) is 75.6 Å². The van der Waals surface area contributed by atoms with Gasteiger partial charge in [0.1, 0.15) is 17.4 Å². The predicted molar refractivity (Wildman–Crippen MR) is 104 cm³/mol. The average molecular weight is 413 g/mol. The molecule has 10 heteroatoms. The Morgan fingerprint density at radius 2 is 1.97 bits per heavy atom. The second-order valence-electron chi connectivity index (χ2n) is 6.11. The number of aryl methyl sites for hydroxylation is 1. The lowest BCUT2D eigenvalue weighted by molar-refractivity contribution is -0.274. The molecule has 0 spiro atoms. The fraction of sp³-hybridized carbons (Fsp3) is 0.100. The van der Waals surface area contributed by atoms with Crippen molar-refractivity contribution in [2.75, 3.05) is 5.43 Å². The number of ether oxygens (including phenoxy) is 1. The lowest BCUT2D eigenvalue weighted by atomic mass is 10.1. The zero-order chi connectivity index (χ0) is 21.7. The largest absolute Gasteiger partial charge is 0.573 e. The number of nitrogens with one attached hydrogen (secondary N) is 2. The molecule has 2 aromatic carbocycles. The number of aromatic nitrogens is 2. The Kier molecular flexibility index (Phi) is 5.83.